The molecule has 1 aliphatic heterocycles. The molecule has 3 aromatic carbocycles. The molecule has 5 rings (SSSR count). The maximum Gasteiger partial charge on any atom is 0.255 e. The van der Waals surface area contributed by atoms with Crippen molar-refractivity contribution >= 4 is 56.8 Å². The smallest absolute Gasteiger partial charge is 0.255 e. The lowest BCUT2D eigenvalue weighted by atomic mass is 9.94. The third kappa shape index (κ3) is 6.47. The highest BCUT2D eigenvalue weighted by Crippen LogP contribution is 2.42. The quantitative estimate of drug-likeness (QED) is 0.177. The lowest BCUT2D eigenvalue weighted by molar-refractivity contribution is -0.113. The van der Waals surface area contributed by atoms with Crippen molar-refractivity contribution in [1.82, 2.24) is 14.8 Å². The van der Waals surface area contributed by atoms with E-state index >= 15 is 0 Å². The summed E-state index contributed by atoms with van der Waals surface area (Å²) in [5, 5.41) is 12.6. The van der Waals surface area contributed by atoms with Crippen LogP contribution in [0.3, 0.4) is 0 Å². The molecule has 0 radical (unpaired) electrons. The monoisotopic (exact) mass is 651 g/mol. The van der Waals surface area contributed by atoms with Gasteiger partial charge in [-0.05, 0) is 63.1 Å². The molecule has 1 aliphatic rings. The van der Waals surface area contributed by atoms with Gasteiger partial charge in [0, 0.05) is 37.8 Å². The van der Waals surface area contributed by atoms with Gasteiger partial charge in [-0.2, -0.15) is 4.98 Å². The Morgan fingerprint density at radius 2 is 1.95 bits per heavy atom. The molecule has 7 nitrogen and oxygen atoms in total. The molecule has 41 heavy (non-hydrogen) atoms. The number of allylic oxidation sites excluding steroid dienone is 1. The van der Waals surface area contributed by atoms with E-state index in [1.54, 1.807) is 16.4 Å². The van der Waals surface area contributed by atoms with Crippen LogP contribution in [0, 0.1) is 13.8 Å². The summed E-state index contributed by atoms with van der Waals surface area (Å²) in [6.45, 7) is 8.30. The number of rotatable bonds is 9. The number of nitrogens with zero attached hydrogens (tertiary/aromatic N) is 3. The van der Waals surface area contributed by atoms with Crippen LogP contribution < -0.4 is 15.4 Å². The van der Waals surface area contributed by atoms with Crippen LogP contribution in [0.4, 0.5) is 11.6 Å². The molecule has 0 saturated carbocycles. The van der Waals surface area contributed by atoms with Crippen molar-refractivity contribution in [2.75, 3.05) is 16.4 Å². The first-order valence-electron chi connectivity index (χ1n) is 13.4. The number of amides is 1. The highest BCUT2D eigenvalue weighted by Gasteiger charge is 2.36. The summed E-state index contributed by atoms with van der Waals surface area (Å²) in [5.74, 6) is 1.86. The van der Waals surface area contributed by atoms with Crippen molar-refractivity contribution in [3.8, 4) is 5.75 Å². The van der Waals surface area contributed by atoms with Gasteiger partial charge in [0.2, 0.25) is 11.1 Å². The summed E-state index contributed by atoms with van der Waals surface area (Å²) in [4.78, 5) is 18.8. The Morgan fingerprint density at radius 1 is 1.15 bits per heavy atom. The maximum atomic E-state index is 14.1. The minimum absolute atomic E-state index is 0.229. The second-order valence-corrected chi connectivity index (χ2v) is 12.3. The van der Waals surface area contributed by atoms with Crippen LogP contribution >= 0.6 is 39.3 Å². The van der Waals surface area contributed by atoms with Gasteiger partial charge in [-0.15, -0.1) is 5.10 Å². The van der Waals surface area contributed by atoms with Crippen LogP contribution in [-0.2, 0) is 11.4 Å². The molecule has 4 aromatic rings. The number of anilines is 2. The van der Waals surface area contributed by atoms with E-state index < -0.39 is 6.04 Å². The van der Waals surface area contributed by atoms with Gasteiger partial charge in [-0.3, -0.25) is 4.79 Å². The van der Waals surface area contributed by atoms with Gasteiger partial charge in [0.15, 0.2) is 0 Å². The van der Waals surface area contributed by atoms with Crippen molar-refractivity contribution in [2.45, 2.75) is 51.9 Å². The number of benzene rings is 3. The lowest BCUT2D eigenvalue weighted by Gasteiger charge is -2.30. The zero-order valence-corrected chi connectivity index (χ0v) is 26.5. The fourth-order valence-electron chi connectivity index (χ4n) is 4.75. The number of ether oxygens (including phenoxy) is 1. The predicted molar refractivity (Wildman–Crippen MR) is 170 cm³/mol. The van der Waals surface area contributed by atoms with Crippen molar-refractivity contribution in [2.24, 2.45) is 0 Å². The minimum atomic E-state index is -0.598. The molecule has 0 saturated heterocycles. The largest absolute Gasteiger partial charge is 0.488 e. The van der Waals surface area contributed by atoms with E-state index in [1.807, 2.05) is 75.4 Å². The van der Waals surface area contributed by atoms with E-state index in [4.69, 9.17) is 26.4 Å². The Balaban J connectivity index is 1.59. The number of hydrogen-bond acceptors (Lipinski definition) is 6. The molecule has 212 valence electrons. The minimum Gasteiger partial charge on any atom is -0.488 e. The summed E-state index contributed by atoms with van der Waals surface area (Å²) in [5.41, 5.74) is 5.74. The van der Waals surface area contributed by atoms with Gasteiger partial charge in [0.05, 0.1) is 5.57 Å². The number of aromatic nitrogens is 3. The summed E-state index contributed by atoms with van der Waals surface area (Å²) >= 11 is 11.6. The van der Waals surface area contributed by atoms with Gasteiger partial charge in [-0.1, -0.05) is 82.1 Å². The zero-order valence-electron chi connectivity index (χ0n) is 23.3. The summed E-state index contributed by atoms with van der Waals surface area (Å²) in [6, 6.07) is 18.8. The number of aryl methyl sites for hydroxylation is 2. The number of thioether (sulfide) groups is 1. The summed E-state index contributed by atoms with van der Waals surface area (Å²) in [7, 11) is 0. The van der Waals surface area contributed by atoms with E-state index in [0.29, 0.717) is 33.1 Å². The lowest BCUT2D eigenvalue weighted by Crippen LogP contribution is -2.32. The van der Waals surface area contributed by atoms with E-state index in [-0.39, 0.29) is 12.5 Å². The van der Waals surface area contributed by atoms with Crippen molar-refractivity contribution in [1.29, 1.82) is 0 Å². The van der Waals surface area contributed by atoms with Crippen LogP contribution in [0.5, 0.6) is 5.75 Å². The third-order valence-electron chi connectivity index (χ3n) is 6.75. The van der Waals surface area contributed by atoms with E-state index in [1.165, 1.54) is 0 Å². The molecule has 1 amide bonds. The molecule has 1 atom stereocenters. The van der Waals surface area contributed by atoms with E-state index in [9.17, 15) is 4.79 Å². The molecular weight excluding hydrogens is 622 g/mol. The Kier molecular flexibility index (Phi) is 9.06. The number of carbonyl (C=O) groups excluding carboxylic acids is 1. The number of halogens is 2. The van der Waals surface area contributed by atoms with E-state index in [0.717, 1.165) is 44.6 Å². The molecule has 0 bridgehead atoms. The second kappa shape index (κ2) is 12.7. The molecule has 1 aromatic heterocycles. The molecule has 0 fully saturated rings. The fourth-order valence-corrected chi connectivity index (χ4v) is 6.00. The molecule has 0 spiro atoms. The first-order chi connectivity index (χ1) is 19.7. The number of hydrogen-bond donors (Lipinski definition) is 2. The molecule has 1 unspecified atom stereocenters. The first-order valence-corrected chi connectivity index (χ1v) is 15.5. The second-order valence-electron chi connectivity index (χ2n) is 9.91. The van der Waals surface area contributed by atoms with E-state index in [2.05, 4.69) is 39.6 Å². The third-order valence-corrected chi connectivity index (χ3v) is 8.66. The van der Waals surface area contributed by atoms with Crippen LogP contribution in [0.15, 0.2) is 81.6 Å². The van der Waals surface area contributed by atoms with Gasteiger partial charge in [0.25, 0.3) is 5.91 Å². The van der Waals surface area contributed by atoms with Crippen molar-refractivity contribution in [3.05, 3.63) is 104 Å². The van der Waals surface area contributed by atoms with Gasteiger partial charge < -0.3 is 15.4 Å². The average molecular weight is 653 g/mol. The molecule has 2 N–H and O–H groups in total. The fraction of sp³-hybridized carbons (Fsp3) is 0.258. The highest BCUT2D eigenvalue weighted by atomic mass is 79.9. The number of nitrogens with one attached hydrogen (secondary N) is 2. The zero-order chi connectivity index (χ0) is 29.1. The number of carbonyl (C=O) groups is 1. The Labute approximate surface area is 257 Å². The summed E-state index contributed by atoms with van der Waals surface area (Å²) < 4.78 is 9.00. The van der Waals surface area contributed by atoms with Crippen molar-refractivity contribution < 1.29 is 9.53 Å². The molecule has 2 heterocycles. The van der Waals surface area contributed by atoms with Gasteiger partial charge in [0.1, 0.15) is 18.4 Å². The Morgan fingerprint density at radius 3 is 2.71 bits per heavy atom. The van der Waals surface area contributed by atoms with Crippen LogP contribution in [0.2, 0.25) is 5.02 Å². The van der Waals surface area contributed by atoms with Crippen molar-refractivity contribution in [3.63, 3.8) is 0 Å². The average Bonchev–Trinajstić information content (AvgIpc) is 3.35. The normalized spacial score (nSPS) is 14.4. The maximum absolute atomic E-state index is 14.1. The molecule has 10 heteroatoms. The SMILES string of the molecule is CCCSc1nc2n(n1)C(c1cc(Br)ccc1OCc1ccccc1Cl)C(C(=O)Nc1ccc(C)cc1C)=C(C)N2. The predicted octanol–water partition coefficient (Wildman–Crippen LogP) is 8.32. The Bertz CT molecular complexity index is 1640. The van der Waals surface area contributed by atoms with Crippen LogP contribution in [-0.4, -0.2) is 26.4 Å². The summed E-state index contributed by atoms with van der Waals surface area (Å²) in [6.07, 6.45) is 0.998. The Hall–Kier alpha value is -3.27. The topological polar surface area (TPSA) is 81.1 Å². The number of fused-ring (bicyclic) bond motifs is 1. The highest BCUT2D eigenvalue weighted by molar-refractivity contribution is 9.10. The van der Waals surface area contributed by atoms with Gasteiger partial charge in [-0.25, -0.2) is 4.68 Å². The molecule has 0 aliphatic carbocycles. The standard InChI is InChI=1S/C31H31BrClN5O2S/c1-5-14-41-31-36-30-34-20(4)27(29(39)35-25-12-10-18(2)15-19(25)3)28(38(30)37-31)23-16-22(32)11-13-26(23)40-17-21-8-6-7-9-24(21)33/h6-13,15-16,28H,5,14,17H2,1-4H3,(H,35,39)(H,34,36,37). The van der Waals surface area contributed by atoms with Crippen LogP contribution in [0.25, 0.3) is 0 Å². The van der Waals surface area contributed by atoms with Crippen LogP contribution in [0.1, 0.15) is 48.6 Å². The molecular formula is C31H31BrClN5O2S. The first kappa shape index (κ1) is 29.2. The van der Waals surface area contributed by atoms with Gasteiger partial charge >= 0.3 is 0 Å².